The quantitative estimate of drug-likeness (QED) is 0.668. The predicted octanol–water partition coefficient (Wildman–Crippen LogP) is -0.0866. The SMILES string of the molecule is Cc1nn(C)cc1CNCCOC(N)=O. The molecular weight excluding hydrogens is 196 g/mol. The third kappa shape index (κ3) is 3.99. The summed E-state index contributed by atoms with van der Waals surface area (Å²) in [4.78, 5) is 10.2. The van der Waals surface area contributed by atoms with Gasteiger partial charge in [-0.05, 0) is 6.92 Å². The van der Waals surface area contributed by atoms with Crippen molar-refractivity contribution in [3.63, 3.8) is 0 Å². The minimum atomic E-state index is -0.741. The van der Waals surface area contributed by atoms with Crippen molar-refractivity contribution in [3.8, 4) is 0 Å². The maximum absolute atomic E-state index is 10.2. The van der Waals surface area contributed by atoms with E-state index in [4.69, 9.17) is 5.73 Å². The summed E-state index contributed by atoms with van der Waals surface area (Å²) in [5.41, 5.74) is 6.95. The first-order valence-corrected chi connectivity index (χ1v) is 4.71. The van der Waals surface area contributed by atoms with Crippen LogP contribution in [-0.4, -0.2) is 29.0 Å². The Morgan fingerprint density at radius 2 is 2.47 bits per heavy atom. The van der Waals surface area contributed by atoms with Crippen molar-refractivity contribution >= 4 is 6.09 Å². The maximum Gasteiger partial charge on any atom is 0.404 e. The van der Waals surface area contributed by atoms with Crippen LogP contribution in [0.5, 0.6) is 0 Å². The van der Waals surface area contributed by atoms with Crippen molar-refractivity contribution in [1.82, 2.24) is 15.1 Å². The minimum absolute atomic E-state index is 0.286. The predicted molar refractivity (Wildman–Crippen MR) is 55.2 cm³/mol. The fourth-order valence-electron chi connectivity index (χ4n) is 1.27. The molecule has 15 heavy (non-hydrogen) atoms. The fourth-order valence-corrected chi connectivity index (χ4v) is 1.27. The molecule has 84 valence electrons. The normalized spacial score (nSPS) is 10.3. The molecule has 0 atom stereocenters. The number of nitrogens with one attached hydrogen (secondary N) is 1. The van der Waals surface area contributed by atoms with Crippen LogP contribution in [0.4, 0.5) is 4.79 Å². The molecule has 0 fully saturated rings. The summed E-state index contributed by atoms with van der Waals surface area (Å²) >= 11 is 0. The van der Waals surface area contributed by atoms with Crippen LogP contribution in [0.15, 0.2) is 6.20 Å². The average molecular weight is 212 g/mol. The van der Waals surface area contributed by atoms with Crippen LogP contribution in [0.1, 0.15) is 11.3 Å². The van der Waals surface area contributed by atoms with Gasteiger partial charge in [-0.3, -0.25) is 4.68 Å². The number of carbonyl (C=O) groups is 1. The molecule has 1 rings (SSSR count). The topological polar surface area (TPSA) is 82.2 Å². The second-order valence-electron chi connectivity index (χ2n) is 3.26. The summed E-state index contributed by atoms with van der Waals surface area (Å²) in [6.45, 7) is 3.53. The van der Waals surface area contributed by atoms with Gasteiger partial charge in [0.05, 0.1) is 5.69 Å². The lowest BCUT2D eigenvalue weighted by atomic mass is 10.2. The highest BCUT2D eigenvalue weighted by Gasteiger charge is 2.01. The van der Waals surface area contributed by atoms with Gasteiger partial charge in [0.2, 0.25) is 0 Å². The monoisotopic (exact) mass is 212 g/mol. The largest absolute Gasteiger partial charge is 0.448 e. The van der Waals surface area contributed by atoms with E-state index >= 15 is 0 Å². The molecule has 0 spiro atoms. The van der Waals surface area contributed by atoms with Crippen molar-refractivity contribution in [3.05, 3.63) is 17.5 Å². The van der Waals surface area contributed by atoms with Crippen LogP contribution in [-0.2, 0) is 18.3 Å². The Kier molecular flexibility index (Phi) is 4.11. The molecular formula is C9H16N4O2. The smallest absolute Gasteiger partial charge is 0.404 e. The molecule has 3 N–H and O–H groups in total. The summed E-state index contributed by atoms with van der Waals surface area (Å²) in [6, 6.07) is 0. The molecule has 1 aromatic rings. The Labute approximate surface area is 88.4 Å². The summed E-state index contributed by atoms with van der Waals surface area (Å²) in [7, 11) is 1.88. The number of hydrogen-bond donors (Lipinski definition) is 2. The van der Waals surface area contributed by atoms with Gasteiger partial charge in [0.25, 0.3) is 0 Å². The van der Waals surface area contributed by atoms with Crippen LogP contribution < -0.4 is 11.1 Å². The van der Waals surface area contributed by atoms with Crippen LogP contribution >= 0.6 is 0 Å². The summed E-state index contributed by atoms with van der Waals surface area (Å²) < 4.78 is 6.34. The fraction of sp³-hybridized carbons (Fsp3) is 0.556. The first kappa shape index (κ1) is 11.5. The molecule has 6 heteroatoms. The number of primary amides is 1. The second kappa shape index (κ2) is 5.35. The van der Waals surface area contributed by atoms with Gasteiger partial charge in [-0.2, -0.15) is 5.10 Å². The highest BCUT2D eigenvalue weighted by atomic mass is 16.5. The molecule has 0 aliphatic rings. The van der Waals surface area contributed by atoms with Gasteiger partial charge in [-0.1, -0.05) is 0 Å². The molecule has 0 radical (unpaired) electrons. The van der Waals surface area contributed by atoms with E-state index in [0.29, 0.717) is 13.1 Å². The van der Waals surface area contributed by atoms with E-state index in [2.05, 4.69) is 15.2 Å². The zero-order valence-corrected chi connectivity index (χ0v) is 8.99. The van der Waals surface area contributed by atoms with Gasteiger partial charge in [-0.15, -0.1) is 0 Å². The van der Waals surface area contributed by atoms with Gasteiger partial charge in [-0.25, -0.2) is 4.79 Å². The van der Waals surface area contributed by atoms with Crippen molar-refractivity contribution in [2.24, 2.45) is 12.8 Å². The lowest BCUT2D eigenvalue weighted by molar-refractivity contribution is 0.157. The first-order valence-electron chi connectivity index (χ1n) is 4.71. The van der Waals surface area contributed by atoms with E-state index < -0.39 is 6.09 Å². The number of rotatable bonds is 5. The number of nitrogens with two attached hydrogens (primary N) is 1. The molecule has 0 saturated carbocycles. The van der Waals surface area contributed by atoms with Gasteiger partial charge in [0.15, 0.2) is 0 Å². The van der Waals surface area contributed by atoms with Gasteiger partial charge in [0.1, 0.15) is 6.61 Å². The molecule has 1 aromatic heterocycles. The highest BCUT2D eigenvalue weighted by molar-refractivity contribution is 5.64. The molecule has 6 nitrogen and oxygen atoms in total. The molecule has 0 unspecified atom stereocenters. The Balaban J connectivity index is 2.20. The van der Waals surface area contributed by atoms with Crippen molar-refractivity contribution in [1.29, 1.82) is 0 Å². The molecule has 1 amide bonds. The average Bonchev–Trinajstić information content (AvgIpc) is 2.44. The van der Waals surface area contributed by atoms with Gasteiger partial charge < -0.3 is 15.8 Å². The van der Waals surface area contributed by atoms with E-state index in [0.717, 1.165) is 11.3 Å². The van der Waals surface area contributed by atoms with Crippen molar-refractivity contribution in [2.75, 3.05) is 13.2 Å². The lowest BCUT2D eigenvalue weighted by Gasteiger charge is -2.03. The van der Waals surface area contributed by atoms with Crippen LogP contribution in [0, 0.1) is 6.92 Å². The number of aryl methyl sites for hydroxylation is 2. The Bertz CT molecular complexity index is 335. The third-order valence-electron chi connectivity index (χ3n) is 1.95. The zero-order chi connectivity index (χ0) is 11.3. The molecule has 0 bridgehead atoms. The maximum atomic E-state index is 10.2. The Morgan fingerprint density at radius 3 is 3.00 bits per heavy atom. The number of nitrogens with zero attached hydrogens (tertiary/aromatic N) is 2. The Morgan fingerprint density at radius 1 is 1.73 bits per heavy atom. The number of ether oxygens (including phenoxy) is 1. The van der Waals surface area contributed by atoms with Crippen LogP contribution in [0.2, 0.25) is 0 Å². The summed E-state index contributed by atoms with van der Waals surface area (Å²) in [6.07, 6.45) is 1.21. The van der Waals surface area contributed by atoms with E-state index in [-0.39, 0.29) is 6.61 Å². The standard InChI is InChI=1S/C9H16N4O2/c1-7-8(6-13(2)12-7)5-11-3-4-15-9(10)14/h6,11H,3-5H2,1-2H3,(H2,10,14). The minimum Gasteiger partial charge on any atom is -0.448 e. The van der Waals surface area contributed by atoms with E-state index in [1.54, 1.807) is 4.68 Å². The summed E-state index contributed by atoms with van der Waals surface area (Å²) in [5.74, 6) is 0. The first-order chi connectivity index (χ1) is 7.09. The molecule has 0 aromatic carbocycles. The van der Waals surface area contributed by atoms with Crippen molar-refractivity contribution < 1.29 is 9.53 Å². The molecule has 0 saturated heterocycles. The van der Waals surface area contributed by atoms with Gasteiger partial charge in [0, 0.05) is 31.9 Å². The van der Waals surface area contributed by atoms with E-state index in [1.165, 1.54) is 0 Å². The van der Waals surface area contributed by atoms with E-state index in [1.807, 2.05) is 20.2 Å². The lowest BCUT2D eigenvalue weighted by Crippen LogP contribution is -2.23. The third-order valence-corrected chi connectivity index (χ3v) is 1.95. The number of hydrogen-bond acceptors (Lipinski definition) is 4. The van der Waals surface area contributed by atoms with Gasteiger partial charge >= 0.3 is 6.09 Å². The number of amides is 1. The molecule has 1 heterocycles. The Hall–Kier alpha value is -1.56. The second-order valence-corrected chi connectivity index (χ2v) is 3.26. The highest BCUT2D eigenvalue weighted by Crippen LogP contribution is 2.03. The number of carbonyl (C=O) groups excluding carboxylic acids is 1. The zero-order valence-electron chi connectivity index (χ0n) is 8.99. The summed E-state index contributed by atoms with van der Waals surface area (Å²) in [5, 5.41) is 7.33. The van der Waals surface area contributed by atoms with E-state index in [9.17, 15) is 4.79 Å². The van der Waals surface area contributed by atoms with Crippen LogP contribution in [0.3, 0.4) is 0 Å². The molecule has 0 aliphatic heterocycles. The number of aromatic nitrogens is 2. The van der Waals surface area contributed by atoms with Crippen LogP contribution in [0.25, 0.3) is 0 Å². The van der Waals surface area contributed by atoms with Crippen molar-refractivity contribution in [2.45, 2.75) is 13.5 Å². The molecule has 0 aliphatic carbocycles.